The van der Waals surface area contributed by atoms with E-state index in [2.05, 4.69) is 10.3 Å². The SMILES string of the molecule is CNC(=O)c1cc2c(C3=CCC(C(=O)O)CC3)cccc2[nH]1. The quantitative estimate of drug-likeness (QED) is 0.815. The molecule has 0 spiro atoms. The first-order valence-corrected chi connectivity index (χ1v) is 7.36. The van der Waals surface area contributed by atoms with E-state index in [1.54, 1.807) is 7.05 Å². The number of amides is 1. The summed E-state index contributed by atoms with van der Waals surface area (Å²) in [5, 5.41) is 12.7. The number of nitrogens with one attached hydrogen (secondary N) is 2. The van der Waals surface area contributed by atoms with E-state index in [0.29, 0.717) is 18.5 Å². The standard InChI is InChI=1S/C17H18N2O3/c1-18-16(20)15-9-13-12(3-2-4-14(13)19-15)10-5-7-11(8-6-10)17(21)22/h2-5,9,11,19H,6-8H2,1H3,(H,18,20)(H,21,22). The van der Waals surface area contributed by atoms with Gasteiger partial charge in [0.05, 0.1) is 5.92 Å². The molecule has 1 unspecified atom stereocenters. The molecule has 0 aliphatic heterocycles. The molecule has 0 fully saturated rings. The van der Waals surface area contributed by atoms with Gasteiger partial charge in [-0.3, -0.25) is 9.59 Å². The number of aromatic nitrogens is 1. The minimum atomic E-state index is -0.725. The third-order valence-corrected chi connectivity index (χ3v) is 4.24. The molecule has 1 amide bonds. The van der Waals surface area contributed by atoms with Crippen molar-refractivity contribution in [3.8, 4) is 0 Å². The molecule has 1 aromatic heterocycles. The maximum Gasteiger partial charge on any atom is 0.306 e. The zero-order valence-corrected chi connectivity index (χ0v) is 12.3. The first-order valence-electron chi connectivity index (χ1n) is 7.36. The summed E-state index contributed by atoms with van der Waals surface area (Å²) in [6.45, 7) is 0. The molecule has 2 aromatic rings. The number of carbonyl (C=O) groups excluding carboxylic acids is 1. The van der Waals surface area contributed by atoms with Crippen LogP contribution in [0.1, 0.15) is 35.3 Å². The van der Waals surface area contributed by atoms with Crippen molar-refractivity contribution in [1.82, 2.24) is 10.3 Å². The van der Waals surface area contributed by atoms with Crippen molar-refractivity contribution < 1.29 is 14.7 Å². The Morgan fingerprint density at radius 3 is 2.82 bits per heavy atom. The molecule has 5 heteroatoms. The number of rotatable bonds is 3. The Balaban J connectivity index is 1.99. The zero-order chi connectivity index (χ0) is 15.7. The lowest BCUT2D eigenvalue weighted by molar-refractivity contribution is -0.141. The number of hydrogen-bond acceptors (Lipinski definition) is 2. The number of aliphatic carboxylic acids is 1. The minimum absolute atomic E-state index is 0.147. The zero-order valence-electron chi connectivity index (χ0n) is 12.3. The van der Waals surface area contributed by atoms with E-state index in [-0.39, 0.29) is 11.8 Å². The number of hydrogen-bond donors (Lipinski definition) is 3. The monoisotopic (exact) mass is 298 g/mol. The Bertz CT molecular complexity index is 773. The number of benzene rings is 1. The Morgan fingerprint density at radius 1 is 1.36 bits per heavy atom. The first kappa shape index (κ1) is 14.4. The summed E-state index contributed by atoms with van der Waals surface area (Å²) >= 11 is 0. The molecule has 1 aromatic carbocycles. The summed E-state index contributed by atoms with van der Waals surface area (Å²) in [4.78, 5) is 25.9. The fraction of sp³-hybridized carbons (Fsp3) is 0.294. The average Bonchev–Trinajstić information content (AvgIpc) is 2.98. The number of carboxylic acids is 1. The van der Waals surface area contributed by atoms with E-state index < -0.39 is 5.97 Å². The summed E-state index contributed by atoms with van der Waals surface area (Å²) < 4.78 is 0. The molecule has 3 N–H and O–H groups in total. The minimum Gasteiger partial charge on any atom is -0.481 e. The second-order valence-electron chi connectivity index (χ2n) is 5.57. The summed E-state index contributed by atoms with van der Waals surface area (Å²) in [7, 11) is 1.60. The topological polar surface area (TPSA) is 82.2 Å². The van der Waals surface area contributed by atoms with Gasteiger partial charge in [0.25, 0.3) is 5.91 Å². The molecule has 3 rings (SSSR count). The summed E-state index contributed by atoms with van der Waals surface area (Å²) in [5.74, 6) is -1.15. The fourth-order valence-corrected chi connectivity index (χ4v) is 3.00. The Kier molecular flexibility index (Phi) is 3.71. The van der Waals surface area contributed by atoms with E-state index in [1.165, 1.54) is 0 Å². The van der Waals surface area contributed by atoms with Gasteiger partial charge in [-0.15, -0.1) is 0 Å². The molecule has 0 bridgehead atoms. The van der Waals surface area contributed by atoms with E-state index in [1.807, 2.05) is 30.3 Å². The molecule has 5 nitrogen and oxygen atoms in total. The van der Waals surface area contributed by atoms with Gasteiger partial charge in [-0.05, 0) is 42.5 Å². The lowest BCUT2D eigenvalue weighted by Crippen LogP contribution is -2.17. The van der Waals surface area contributed by atoms with Gasteiger partial charge in [-0.1, -0.05) is 18.2 Å². The largest absolute Gasteiger partial charge is 0.481 e. The van der Waals surface area contributed by atoms with Crippen LogP contribution in [0, 0.1) is 5.92 Å². The third kappa shape index (κ3) is 2.50. The van der Waals surface area contributed by atoms with E-state index in [4.69, 9.17) is 5.11 Å². The van der Waals surface area contributed by atoms with Crippen LogP contribution < -0.4 is 5.32 Å². The van der Waals surface area contributed by atoms with Gasteiger partial charge in [0.1, 0.15) is 5.69 Å². The lowest BCUT2D eigenvalue weighted by atomic mass is 9.86. The number of aromatic amines is 1. The van der Waals surface area contributed by atoms with E-state index >= 15 is 0 Å². The molecule has 114 valence electrons. The molecular formula is C17H18N2O3. The summed E-state index contributed by atoms with van der Waals surface area (Å²) in [6, 6.07) is 7.77. The van der Waals surface area contributed by atoms with Crippen molar-refractivity contribution >= 4 is 28.4 Å². The van der Waals surface area contributed by atoms with Crippen molar-refractivity contribution in [2.45, 2.75) is 19.3 Å². The average molecular weight is 298 g/mol. The summed E-state index contributed by atoms with van der Waals surface area (Å²) in [5.41, 5.74) is 3.68. The molecule has 0 radical (unpaired) electrons. The van der Waals surface area contributed by atoms with Crippen LogP contribution in [0.2, 0.25) is 0 Å². The van der Waals surface area contributed by atoms with Gasteiger partial charge in [0.15, 0.2) is 0 Å². The predicted molar refractivity (Wildman–Crippen MR) is 84.6 cm³/mol. The summed E-state index contributed by atoms with van der Waals surface area (Å²) in [6.07, 6.45) is 3.98. The van der Waals surface area contributed by atoms with Crippen molar-refractivity contribution in [2.24, 2.45) is 5.92 Å². The van der Waals surface area contributed by atoms with Gasteiger partial charge >= 0.3 is 5.97 Å². The molecule has 1 aliphatic carbocycles. The first-order chi connectivity index (χ1) is 10.6. The number of carboxylic acid groups (broad SMARTS) is 1. The molecule has 22 heavy (non-hydrogen) atoms. The number of fused-ring (bicyclic) bond motifs is 1. The van der Waals surface area contributed by atoms with Gasteiger partial charge in [-0.2, -0.15) is 0 Å². The van der Waals surface area contributed by atoms with E-state index in [9.17, 15) is 9.59 Å². The smallest absolute Gasteiger partial charge is 0.306 e. The van der Waals surface area contributed by atoms with Crippen molar-refractivity contribution in [3.63, 3.8) is 0 Å². The maximum atomic E-state index is 11.8. The number of H-pyrrole nitrogens is 1. The molecular weight excluding hydrogens is 280 g/mol. The van der Waals surface area contributed by atoms with Crippen LogP contribution in [0.5, 0.6) is 0 Å². The van der Waals surface area contributed by atoms with Crippen molar-refractivity contribution in [3.05, 3.63) is 41.6 Å². The second kappa shape index (κ2) is 5.67. The van der Waals surface area contributed by atoms with Crippen LogP contribution in [-0.4, -0.2) is 29.0 Å². The van der Waals surface area contributed by atoms with Crippen LogP contribution >= 0.6 is 0 Å². The van der Waals surface area contributed by atoms with Crippen LogP contribution in [-0.2, 0) is 4.79 Å². The van der Waals surface area contributed by atoms with Crippen LogP contribution in [0.3, 0.4) is 0 Å². The highest BCUT2D eigenvalue weighted by atomic mass is 16.4. The van der Waals surface area contributed by atoms with Gasteiger partial charge in [0.2, 0.25) is 0 Å². The molecule has 0 saturated carbocycles. The predicted octanol–water partition coefficient (Wildman–Crippen LogP) is 2.80. The van der Waals surface area contributed by atoms with Crippen LogP contribution in [0.4, 0.5) is 0 Å². The maximum absolute atomic E-state index is 11.8. The Labute approximate surface area is 128 Å². The third-order valence-electron chi connectivity index (χ3n) is 4.24. The molecule has 1 aliphatic rings. The Morgan fingerprint density at radius 2 is 2.18 bits per heavy atom. The van der Waals surface area contributed by atoms with Crippen molar-refractivity contribution in [2.75, 3.05) is 7.05 Å². The Hall–Kier alpha value is -2.56. The number of allylic oxidation sites excluding steroid dienone is 2. The highest BCUT2D eigenvalue weighted by Gasteiger charge is 2.22. The van der Waals surface area contributed by atoms with Crippen LogP contribution in [0.25, 0.3) is 16.5 Å². The second-order valence-corrected chi connectivity index (χ2v) is 5.57. The van der Waals surface area contributed by atoms with E-state index in [0.717, 1.165) is 28.5 Å². The van der Waals surface area contributed by atoms with Gasteiger partial charge in [0, 0.05) is 18.0 Å². The van der Waals surface area contributed by atoms with Crippen LogP contribution in [0.15, 0.2) is 30.3 Å². The lowest BCUT2D eigenvalue weighted by Gasteiger charge is -2.19. The highest BCUT2D eigenvalue weighted by Crippen LogP contribution is 2.34. The molecule has 1 atom stereocenters. The normalized spacial score (nSPS) is 18.0. The fourth-order valence-electron chi connectivity index (χ4n) is 3.00. The van der Waals surface area contributed by atoms with Gasteiger partial charge < -0.3 is 15.4 Å². The van der Waals surface area contributed by atoms with Gasteiger partial charge in [-0.25, -0.2) is 0 Å². The molecule has 0 saturated heterocycles. The highest BCUT2D eigenvalue weighted by molar-refractivity contribution is 6.01. The van der Waals surface area contributed by atoms with Crippen molar-refractivity contribution in [1.29, 1.82) is 0 Å². The molecule has 1 heterocycles. The number of carbonyl (C=O) groups is 2.